The third-order valence-corrected chi connectivity index (χ3v) is 2.48. The number of para-hydroxylation sites is 1. The number of amides is 1. The fourth-order valence-corrected chi connectivity index (χ4v) is 1.71. The average Bonchev–Trinajstić information content (AvgIpc) is 2.97. The van der Waals surface area contributed by atoms with Gasteiger partial charge in [0.1, 0.15) is 6.33 Å². The molecule has 0 aliphatic rings. The summed E-state index contributed by atoms with van der Waals surface area (Å²) < 4.78 is 0. The SMILES string of the molecule is O=C(Nc1ncn[nH]1)c1cccc2cc[nH]c12. The van der Waals surface area contributed by atoms with Gasteiger partial charge in [-0.1, -0.05) is 12.1 Å². The highest BCUT2D eigenvalue weighted by atomic mass is 16.1. The molecule has 3 aromatic rings. The molecule has 0 aliphatic heterocycles. The van der Waals surface area contributed by atoms with Crippen LogP contribution in [0.3, 0.4) is 0 Å². The zero-order valence-corrected chi connectivity index (χ0v) is 8.77. The van der Waals surface area contributed by atoms with Crippen molar-refractivity contribution < 1.29 is 4.79 Å². The van der Waals surface area contributed by atoms with Crippen molar-refractivity contribution in [1.82, 2.24) is 20.2 Å². The number of rotatable bonds is 2. The molecule has 0 saturated heterocycles. The summed E-state index contributed by atoms with van der Waals surface area (Å²) in [6, 6.07) is 7.45. The molecule has 2 heterocycles. The van der Waals surface area contributed by atoms with Crippen LogP contribution in [-0.4, -0.2) is 26.1 Å². The lowest BCUT2D eigenvalue weighted by Gasteiger charge is -2.02. The highest BCUT2D eigenvalue weighted by molar-refractivity contribution is 6.11. The highest BCUT2D eigenvalue weighted by Gasteiger charge is 2.11. The number of carbonyl (C=O) groups is 1. The molecule has 6 heteroatoms. The second kappa shape index (κ2) is 3.75. The Hall–Kier alpha value is -2.63. The maximum atomic E-state index is 12.0. The molecule has 0 aliphatic carbocycles. The van der Waals surface area contributed by atoms with Crippen LogP contribution in [0.2, 0.25) is 0 Å². The minimum atomic E-state index is -0.227. The number of nitrogens with zero attached hydrogens (tertiary/aromatic N) is 2. The van der Waals surface area contributed by atoms with Crippen molar-refractivity contribution >= 4 is 22.8 Å². The Labute approximate surface area is 96.1 Å². The number of hydrogen-bond donors (Lipinski definition) is 3. The minimum Gasteiger partial charge on any atom is -0.361 e. The van der Waals surface area contributed by atoms with Crippen molar-refractivity contribution in [2.75, 3.05) is 5.32 Å². The van der Waals surface area contributed by atoms with Gasteiger partial charge < -0.3 is 4.98 Å². The van der Waals surface area contributed by atoms with Crippen LogP contribution in [0.1, 0.15) is 10.4 Å². The number of fused-ring (bicyclic) bond motifs is 1. The van der Waals surface area contributed by atoms with Gasteiger partial charge in [0, 0.05) is 11.6 Å². The van der Waals surface area contributed by atoms with Gasteiger partial charge in [0.05, 0.1) is 11.1 Å². The highest BCUT2D eigenvalue weighted by Crippen LogP contribution is 2.17. The molecule has 2 aromatic heterocycles. The Balaban J connectivity index is 1.98. The van der Waals surface area contributed by atoms with Gasteiger partial charge in [-0.15, -0.1) is 0 Å². The van der Waals surface area contributed by atoms with Crippen LogP contribution in [0.15, 0.2) is 36.8 Å². The van der Waals surface area contributed by atoms with E-state index < -0.39 is 0 Å². The molecule has 0 spiro atoms. The van der Waals surface area contributed by atoms with Gasteiger partial charge in [-0.3, -0.25) is 10.1 Å². The number of aromatic nitrogens is 4. The van der Waals surface area contributed by atoms with Crippen molar-refractivity contribution in [3.8, 4) is 0 Å². The monoisotopic (exact) mass is 227 g/mol. The third kappa shape index (κ3) is 1.65. The first-order valence-electron chi connectivity index (χ1n) is 5.07. The topological polar surface area (TPSA) is 86.5 Å². The minimum absolute atomic E-state index is 0.227. The van der Waals surface area contributed by atoms with Crippen molar-refractivity contribution in [3.05, 3.63) is 42.4 Å². The second-order valence-electron chi connectivity index (χ2n) is 3.54. The van der Waals surface area contributed by atoms with Gasteiger partial charge in [-0.25, -0.2) is 5.10 Å². The van der Waals surface area contributed by atoms with Crippen LogP contribution in [0.4, 0.5) is 5.95 Å². The standard InChI is InChI=1S/C11H9N5O/c17-10(15-11-13-6-14-16-11)8-3-1-2-7-4-5-12-9(7)8/h1-6,12H,(H2,13,14,15,16,17). The Morgan fingerprint density at radius 2 is 2.24 bits per heavy atom. The van der Waals surface area contributed by atoms with Gasteiger partial charge >= 0.3 is 0 Å². The van der Waals surface area contributed by atoms with Gasteiger partial charge in [0.25, 0.3) is 5.91 Å². The molecular formula is C11H9N5O. The Bertz CT molecular complexity index is 655. The molecule has 17 heavy (non-hydrogen) atoms. The summed E-state index contributed by atoms with van der Waals surface area (Å²) in [5, 5.41) is 9.87. The zero-order valence-electron chi connectivity index (χ0n) is 8.77. The van der Waals surface area contributed by atoms with Crippen LogP contribution in [0, 0.1) is 0 Å². The zero-order chi connectivity index (χ0) is 11.7. The summed E-state index contributed by atoms with van der Waals surface area (Å²) in [5.74, 6) is 0.105. The molecule has 0 saturated carbocycles. The van der Waals surface area contributed by atoms with Gasteiger partial charge in [-0.2, -0.15) is 10.1 Å². The molecule has 6 nitrogen and oxygen atoms in total. The number of aromatic amines is 2. The van der Waals surface area contributed by atoms with E-state index in [1.807, 2.05) is 18.2 Å². The first-order valence-corrected chi connectivity index (χ1v) is 5.07. The number of carbonyl (C=O) groups excluding carboxylic acids is 1. The van der Waals surface area contributed by atoms with E-state index in [1.54, 1.807) is 12.3 Å². The maximum absolute atomic E-state index is 12.0. The van der Waals surface area contributed by atoms with Crippen molar-refractivity contribution in [2.24, 2.45) is 0 Å². The number of hydrogen-bond acceptors (Lipinski definition) is 3. The lowest BCUT2D eigenvalue weighted by Crippen LogP contribution is -2.13. The van der Waals surface area contributed by atoms with Gasteiger partial charge in [0.2, 0.25) is 5.95 Å². The molecule has 0 radical (unpaired) electrons. The molecule has 3 N–H and O–H groups in total. The lowest BCUT2D eigenvalue weighted by atomic mass is 10.1. The van der Waals surface area contributed by atoms with Crippen molar-refractivity contribution in [3.63, 3.8) is 0 Å². The van der Waals surface area contributed by atoms with E-state index in [1.165, 1.54) is 6.33 Å². The molecule has 1 amide bonds. The third-order valence-electron chi connectivity index (χ3n) is 2.48. The number of H-pyrrole nitrogens is 2. The summed E-state index contributed by atoms with van der Waals surface area (Å²) in [4.78, 5) is 18.9. The summed E-state index contributed by atoms with van der Waals surface area (Å²) in [5.41, 5.74) is 1.38. The summed E-state index contributed by atoms with van der Waals surface area (Å²) in [6.45, 7) is 0. The van der Waals surface area contributed by atoms with E-state index in [9.17, 15) is 4.79 Å². The molecule has 0 bridgehead atoms. The summed E-state index contributed by atoms with van der Waals surface area (Å²) in [6.07, 6.45) is 3.14. The van der Waals surface area contributed by atoms with Gasteiger partial charge in [0.15, 0.2) is 0 Å². The maximum Gasteiger partial charge on any atom is 0.260 e. The molecule has 0 fully saturated rings. The van der Waals surface area contributed by atoms with E-state index in [4.69, 9.17) is 0 Å². The fraction of sp³-hybridized carbons (Fsp3) is 0. The lowest BCUT2D eigenvalue weighted by molar-refractivity contribution is 0.102. The van der Waals surface area contributed by atoms with E-state index in [-0.39, 0.29) is 5.91 Å². The molecule has 0 unspecified atom stereocenters. The molecule has 0 atom stereocenters. The summed E-state index contributed by atoms with van der Waals surface area (Å²) >= 11 is 0. The smallest absolute Gasteiger partial charge is 0.260 e. The molecule has 3 rings (SSSR count). The first-order chi connectivity index (χ1) is 8.34. The van der Waals surface area contributed by atoms with Gasteiger partial charge in [-0.05, 0) is 12.1 Å². The number of nitrogens with one attached hydrogen (secondary N) is 3. The van der Waals surface area contributed by atoms with Crippen LogP contribution in [0.25, 0.3) is 10.9 Å². The van der Waals surface area contributed by atoms with Crippen molar-refractivity contribution in [1.29, 1.82) is 0 Å². The van der Waals surface area contributed by atoms with Crippen LogP contribution >= 0.6 is 0 Å². The molecule has 1 aromatic carbocycles. The average molecular weight is 227 g/mol. The van der Waals surface area contributed by atoms with Crippen LogP contribution in [0.5, 0.6) is 0 Å². The Morgan fingerprint density at radius 3 is 3.06 bits per heavy atom. The van der Waals surface area contributed by atoms with E-state index in [0.717, 1.165) is 10.9 Å². The fourth-order valence-electron chi connectivity index (χ4n) is 1.71. The first kappa shape index (κ1) is 9.59. The molecule has 84 valence electrons. The van der Waals surface area contributed by atoms with E-state index >= 15 is 0 Å². The number of anilines is 1. The predicted octanol–water partition coefficient (Wildman–Crippen LogP) is 1.54. The van der Waals surface area contributed by atoms with Crippen LogP contribution < -0.4 is 5.32 Å². The summed E-state index contributed by atoms with van der Waals surface area (Å²) in [7, 11) is 0. The Kier molecular flexibility index (Phi) is 2.11. The number of benzene rings is 1. The van der Waals surface area contributed by atoms with E-state index in [0.29, 0.717) is 11.5 Å². The molecular weight excluding hydrogens is 218 g/mol. The van der Waals surface area contributed by atoms with Crippen molar-refractivity contribution in [2.45, 2.75) is 0 Å². The predicted molar refractivity (Wildman–Crippen MR) is 62.6 cm³/mol. The second-order valence-corrected chi connectivity index (χ2v) is 3.54. The van der Waals surface area contributed by atoms with Crippen LogP contribution in [-0.2, 0) is 0 Å². The normalized spacial score (nSPS) is 10.6. The van der Waals surface area contributed by atoms with E-state index in [2.05, 4.69) is 25.5 Å². The Morgan fingerprint density at radius 1 is 1.29 bits per heavy atom. The quantitative estimate of drug-likeness (QED) is 0.620. The largest absolute Gasteiger partial charge is 0.361 e.